The van der Waals surface area contributed by atoms with Crippen molar-refractivity contribution in [2.45, 2.75) is 30.5 Å². The van der Waals surface area contributed by atoms with E-state index in [9.17, 15) is 26.4 Å². The molecule has 0 saturated carbocycles. The van der Waals surface area contributed by atoms with Gasteiger partial charge in [-0.05, 0) is 48.9 Å². The number of benzene rings is 2. The quantitative estimate of drug-likeness (QED) is 0.751. The SMILES string of the molecule is CNS(=O)(=O)c1ccc(CCC(=O)NCc2cccc(C(F)(F)F)c2)cc1. The van der Waals surface area contributed by atoms with Crippen LogP contribution >= 0.6 is 0 Å². The summed E-state index contributed by atoms with van der Waals surface area (Å²) in [5, 5.41) is 2.58. The lowest BCUT2D eigenvalue weighted by molar-refractivity contribution is -0.137. The maximum absolute atomic E-state index is 12.7. The van der Waals surface area contributed by atoms with Gasteiger partial charge in [-0.1, -0.05) is 24.3 Å². The molecule has 0 unspecified atom stereocenters. The average Bonchev–Trinajstić information content (AvgIpc) is 2.64. The van der Waals surface area contributed by atoms with Crippen LogP contribution in [0.3, 0.4) is 0 Å². The molecule has 27 heavy (non-hydrogen) atoms. The third kappa shape index (κ3) is 6.07. The van der Waals surface area contributed by atoms with Gasteiger partial charge in [0.25, 0.3) is 0 Å². The molecule has 0 spiro atoms. The molecular weight excluding hydrogens is 381 g/mol. The predicted molar refractivity (Wildman–Crippen MR) is 94.3 cm³/mol. The number of hydrogen-bond donors (Lipinski definition) is 2. The largest absolute Gasteiger partial charge is 0.416 e. The van der Waals surface area contributed by atoms with Gasteiger partial charge < -0.3 is 5.32 Å². The van der Waals surface area contributed by atoms with Crippen LogP contribution < -0.4 is 10.0 Å². The predicted octanol–water partition coefficient (Wildman–Crippen LogP) is 2.86. The fraction of sp³-hybridized carbons (Fsp3) is 0.278. The molecular formula is C18H19F3N2O3S. The Morgan fingerprint density at radius 3 is 2.30 bits per heavy atom. The highest BCUT2D eigenvalue weighted by atomic mass is 32.2. The van der Waals surface area contributed by atoms with Crippen LogP contribution in [0.15, 0.2) is 53.4 Å². The molecule has 9 heteroatoms. The molecule has 0 radical (unpaired) electrons. The average molecular weight is 400 g/mol. The summed E-state index contributed by atoms with van der Waals surface area (Å²) in [6.07, 6.45) is -3.90. The van der Waals surface area contributed by atoms with E-state index in [0.29, 0.717) is 12.0 Å². The number of carbonyl (C=O) groups is 1. The number of sulfonamides is 1. The van der Waals surface area contributed by atoms with Crippen molar-refractivity contribution in [3.05, 3.63) is 65.2 Å². The normalized spacial score (nSPS) is 12.0. The molecule has 0 fully saturated rings. The fourth-order valence-corrected chi connectivity index (χ4v) is 3.09. The van der Waals surface area contributed by atoms with Crippen molar-refractivity contribution in [2.75, 3.05) is 7.05 Å². The monoisotopic (exact) mass is 400 g/mol. The molecule has 5 nitrogen and oxygen atoms in total. The zero-order valence-electron chi connectivity index (χ0n) is 14.5. The highest BCUT2D eigenvalue weighted by Crippen LogP contribution is 2.29. The first-order valence-corrected chi connectivity index (χ1v) is 9.55. The van der Waals surface area contributed by atoms with Gasteiger partial charge in [0.15, 0.2) is 0 Å². The Kier molecular flexibility index (Phi) is 6.61. The van der Waals surface area contributed by atoms with Gasteiger partial charge in [0.05, 0.1) is 10.5 Å². The van der Waals surface area contributed by atoms with Gasteiger partial charge in [-0.2, -0.15) is 13.2 Å². The second kappa shape index (κ2) is 8.53. The highest BCUT2D eigenvalue weighted by Gasteiger charge is 2.30. The van der Waals surface area contributed by atoms with Gasteiger partial charge in [0.1, 0.15) is 0 Å². The van der Waals surface area contributed by atoms with Crippen molar-refractivity contribution in [2.24, 2.45) is 0 Å². The fourth-order valence-electron chi connectivity index (χ4n) is 2.36. The molecule has 0 aliphatic rings. The summed E-state index contributed by atoms with van der Waals surface area (Å²) in [6, 6.07) is 10.9. The smallest absolute Gasteiger partial charge is 0.352 e. The van der Waals surface area contributed by atoms with Crippen LogP contribution in [0.1, 0.15) is 23.1 Å². The summed E-state index contributed by atoms with van der Waals surface area (Å²) >= 11 is 0. The van der Waals surface area contributed by atoms with E-state index >= 15 is 0 Å². The van der Waals surface area contributed by atoms with Gasteiger partial charge in [0.2, 0.25) is 15.9 Å². The van der Waals surface area contributed by atoms with E-state index in [1.807, 2.05) is 0 Å². The molecule has 146 valence electrons. The van der Waals surface area contributed by atoms with Crippen molar-refractivity contribution in [1.82, 2.24) is 10.0 Å². The lowest BCUT2D eigenvalue weighted by Crippen LogP contribution is -2.23. The molecule has 0 aliphatic heterocycles. The lowest BCUT2D eigenvalue weighted by atomic mass is 10.1. The number of hydrogen-bond acceptors (Lipinski definition) is 3. The Labute approximate surface area is 155 Å². The topological polar surface area (TPSA) is 75.3 Å². The molecule has 2 N–H and O–H groups in total. The van der Waals surface area contributed by atoms with E-state index in [4.69, 9.17) is 0 Å². The minimum absolute atomic E-state index is 0.00209. The molecule has 0 aromatic heterocycles. The number of halogens is 3. The number of amides is 1. The lowest BCUT2D eigenvalue weighted by Gasteiger charge is -2.10. The van der Waals surface area contributed by atoms with Gasteiger partial charge in [-0.15, -0.1) is 0 Å². The van der Waals surface area contributed by atoms with Crippen LogP contribution in [0.5, 0.6) is 0 Å². The van der Waals surface area contributed by atoms with Crippen molar-refractivity contribution >= 4 is 15.9 Å². The third-order valence-electron chi connectivity index (χ3n) is 3.89. The first kappa shape index (κ1) is 20.9. The number of nitrogens with one attached hydrogen (secondary N) is 2. The van der Waals surface area contributed by atoms with Crippen LogP contribution in [-0.4, -0.2) is 21.4 Å². The second-order valence-electron chi connectivity index (χ2n) is 5.83. The van der Waals surface area contributed by atoms with Crippen LogP contribution in [0.25, 0.3) is 0 Å². The minimum Gasteiger partial charge on any atom is -0.352 e. The Bertz CT molecular complexity index is 895. The van der Waals surface area contributed by atoms with E-state index in [2.05, 4.69) is 10.0 Å². The van der Waals surface area contributed by atoms with Gasteiger partial charge >= 0.3 is 6.18 Å². The van der Waals surface area contributed by atoms with Crippen LogP contribution in [0.4, 0.5) is 13.2 Å². The van der Waals surface area contributed by atoms with E-state index in [-0.39, 0.29) is 23.8 Å². The van der Waals surface area contributed by atoms with Crippen molar-refractivity contribution < 1.29 is 26.4 Å². The standard InChI is InChI=1S/C18H19F3N2O3S/c1-22-27(25,26)16-8-5-13(6-9-16)7-10-17(24)23-12-14-3-2-4-15(11-14)18(19,20)21/h2-6,8-9,11,22H,7,10,12H2,1H3,(H,23,24). The van der Waals surface area contributed by atoms with Crippen LogP contribution in [-0.2, 0) is 34.0 Å². The Morgan fingerprint density at radius 2 is 1.70 bits per heavy atom. The molecule has 2 aromatic carbocycles. The first-order valence-electron chi connectivity index (χ1n) is 8.07. The Morgan fingerprint density at radius 1 is 1.04 bits per heavy atom. The van der Waals surface area contributed by atoms with Crippen LogP contribution in [0.2, 0.25) is 0 Å². The molecule has 1 amide bonds. The zero-order valence-corrected chi connectivity index (χ0v) is 15.3. The van der Waals surface area contributed by atoms with Crippen molar-refractivity contribution in [3.63, 3.8) is 0 Å². The highest BCUT2D eigenvalue weighted by molar-refractivity contribution is 7.89. The first-order chi connectivity index (χ1) is 12.6. The van der Waals surface area contributed by atoms with E-state index in [1.165, 1.54) is 31.3 Å². The van der Waals surface area contributed by atoms with E-state index in [0.717, 1.165) is 17.7 Å². The van der Waals surface area contributed by atoms with Crippen molar-refractivity contribution in [3.8, 4) is 0 Å². The Balaban J connectivity index is 1.86. The van der Waals surface area contributed by atoms with Crippen LogP contribution in [0, 0.1) is 0 Å². The molecule has 0 saturated heterocycles. The summed E-state index contributed by atoms with van der Waals surface area (Å²) in [7, 11) is -2.19. The van der Waals surface area contributed by atoms with Gasteiger partial charge in [-0.3, -0.25) is 4.79 Å². The van der Waals surface area contributed by atoms with Crippen molar-refractivity contribution in [1.29, 1.82) is 0 Å². The molecule has 0 atom stereocenters. The summed E-state index contributed by atoms with van der Waals surface area (Å²) in [4.78, 5) is 12.0. The van der Waals surface area contributed by atoms with E-state index < -0.39 is 21.8 Å². The molecule has 0 heterocycles. The maximum Gasteiger partial charge on any atom is 0.416 e. The molecule has 0 bridgehead atoms. The summed E-state index contributed by atoms with van der Waals surface area (Å²) < 4.78 is 63.5. The molecule has 2 aromatic rings. The maximum atomic E-state index is 12.7. The molecule has 0 aliphatic carbocycles. The van der Waals surface area contributed by atoms with E-state index in [1.54, 1.807) is 12.1 Å². The summed E-state index contributed by atoms with van der Waals surface area (Å²) in [5.41, 5.74) is 0.380. The second-order valence-corrected chi connectivity index (χ2v) is 7.71. The van der Waals surface area contributed by atoms with Gasteiger partial charge in [0, 0.05) is 13.0 Å². The number of carbonyl (C=O) groups excluding carboxylic acids is 1. The number of aryl methyl sites for hydroxylation is 1. The minimum atomic E-state index is -4.42. The zero-order chi connectivity index (χ0) is 20.1. The number of alkyl halides is 3. The molecule has 2 rings (SSSR count). The van der Waals surface area contributed by atoms with Gasteiger partial charge in [-0.25, -0.2) is 13.1 Å². The number of rotatable bonds is 7. The third-order valence-corrected chi connectivity index (χ3v) is 5.32. The summed E-state index contributed by atoms with van der Waals surface area (Å²) in [6.45, 7) is 0.00209. The summed E-state index contributed by atoms with van der Waals surface area (Å²) in [5.74, 6) is -0.306. The Hall–Kier alpha value is -2.39.